The van der Waals surface area contributed by atoms with Gasteiger partial charge in [0.2, 0.25) is 0 Å². The third-order valence-electron chi connectivity index (χ3n) is 4.61. The Morgan fingerprint density at radius 2 is 1.58 bits per heavy atom. The number of carbonyl (C=O) groups excluding carboxylic acids is 2. The van der Waals surface area contributed by atoms with Crippen LogP contribution in [0.15, 0.2) is 53.2 Å². The third kappa shape index (κ3) is 2.78. The van der Waals surface area contributed by atoms with E-state index in [-0.39, 0.29) is 15.8 Å². The average molecular weight is 408 g/mol. The molecule has 2 heterocycles. The number of hydrogen-bond acceptors (Lipinski definition) is 3. The van der Waals surface area contributed by atoms with Gasteiger partial charge in [-0.1, -0.05) is 59.1 Å². The van der Waals surface area contributed by atoms with Crippen LogP contribution in [0.2, 0.25) is 10.0 Å². The Labute approximate surface area is 165 Å². The molecule has 4 nitrogen and oxygen atoms in total. The van der Waals surface area contributed by atoms with Gasteiger partial charge in [0.05, 0.1) is 15.7 Å². The van der Waals surface area contributed by atoms with E-state index in [1.165, 1.54) is 11.6 Å². The molecule has 0 aromatic heterocycles. The maximum Gasteiger partial charge on any atom is 0.283 e. The average Bonchev–Trinajstić information content (AvgIpc) is 2.86. The maximum atomic E-state index is 13.0. The Bertz CT molecular complexity index is 971. The molecule has 0 bridgehead atoms. The van der Waals surface area contributed by atoms with Crippen molar-refractivity contribution < 1.29 is 9.59 Å². The second-order valence-electron chi connectivity index (χ2n) is 6.15. The van der Waals surface area contributed by atoms with Crippen LogP contribution in [-0.4, -0.2) is 23.3 Å². The molecule has 4 rings (SSSR count). The summed E-state index contributed by atoms with van der Waals surface area (Å²) in [7, 11) is 0. The van der Waals surface area contributed by atoms with Crippen LogP contribution < -0.4 is 4.90 Å². The van der Waals surface area contributed by atoms with Crippen LogP contribution in [0.5, 0.6) is 0 Å². The van der Waals surface area contributed by atoms with Crippen molar-refractivity contribution in [3.63, 3.8) is 0 Å². The Hall–Kier alpha value is -2.01. The van der Waals surface area contributed by atoms with Gasteiger partial charge in [-0.3, -0.25) is 9.59 Å². The molecule has 0 aliphatic carbocycles. The molecule has 0 spiro atoms. The number of halogens is 3. The van der Waals surface area contributed by atoms with Crippen LogP contribution >= 0.6 is 34.8 Å². The molecule has 2 amide bonds. The summed E-state index contributed by atoms with van der Waals surface area (Å²) in [6.07, 6.45) is 0.790. The number of rotatable bonds is 2. The topological polar surface area (TPSA) is 40.6 Å². The number of hydrogen-bond donors (Lipinski definition) is 0. The molecular formula is C19H13Cl3N2O2. The second kappa shape index (κ2) is 6.62. The standard InChI is InChI=1S/C19H13Cl3N2O2/c20-14-6-5-13(9-15(14)21)24-18(25)16(22)17(19(24)26)23-8-7-11-3-1-2-4-12(11)10-23/h1-6,9H,7-8,10H2. The van der Waals surface area contributed by atoms with Crippen LogP contribution in [0, 0.1) is 0 Å². The Balaban J connectivity index is 1.67. The van der Waals surface area contributed by atoms with E-state index in [2.05, 4.69) is 6.07 Å². The van der Waals surface area contributed by atoms with E-state index in [0.29, 0.717) is 23.8 Å². The van der Waals surface area contributed by atoms with Gasteiger partial charge in [0.1, 0.15) is 10.7 Å². The molecule has 0 radical (unpaired) electrons. The quantitative estimate of drug-likeness (QED) is 0.694. The van der Waals surface area contributed by atoms with Crippen molar-refractivity contribution in [2.75, 3.05) is 11.4 Å². The number of anilines is 1. The van der Waals surface area contributed by atoms with Gasteiger partial charge < -0.3 is 4.90 Å². The highest BCUT2D eigenvalue weighted by molar-refractivity contribution is 6.52. The summed E-state index contributed by atoms with van der Waals surface area (Å²) in [6, 6.07) is 12.7. The van der Waals surface area contributed by atoms with Crippen molar-refractivity contribution in [3.05, 3.63) is 74.4 Å². The number of nitrogens with zero attached hydrogens (tertiary/aromatic N) is 2. The molecular weight excluding hydrogens is 395 g/mol. The van der Waals surface area contributed by atoms with E-state index in [1.807, 2.05) is 23.1 Å². The molecule has 2 aliphatic heterocycles. The molecule has 0 unspecified atom stereocenters. The summed E-state index contributed by atoms with van der Waals surface area (Å²) >= 11 is 18.2. The first-order valence-corrected chi connectivity index (χ1v) is 9.16. The number of imide groups is 1. The van der Waals surface area contributed by atoms with Gasteiger partial charge in [0.15, 0.2) is 0 Å². The summed E-state index contributed by atoms with van der Waals surface area (Å²) in [5.74, 6) is -0.998. The molecule has 0 saturated carbocycles. The lowest BCUT2D eigenvalue weighted by atomic mass is 9.99. The highest BCUT2D eigenvalue weighted by Gasteiger charge is 2.42. The van der Waals surface area contributed by atoms with Gasteiger partial charge in [-0.25, -0.2) is 4.90 Å². The fourth-order valence-electron chi connectivity index (χ4n) is 3.31. The van der Waals surface area contributed by atoms with Crippen LogP contribution in [-0.2, 0) is 22.6 Å². The van der Waals surface area contributed by atoms with Crippen LogP contribution in [0.3, 0.4) is 0 Å². The molecule has 2 aliphatic rings. The van der Waals surface area contributed by atoms with E-state index in [9.17, 15) is 9.59 Å². The first-order valence-electron chi connectivity index (χ1n) is 8.02. The van der Waals surface area contributed by atoms with Gasteiger partial charge >= 0.3 is 0 Å². The minimum absolute atomic E-state index is 0.0690. The molecule has 0 atom stereocenters. The van der Waals surface area contributed by atoms with Crippen molar-refractivity contribution in [3.8, 4) is 0 Å². The second-order valence-corrected chi connectivity index (χ2v) is 7.34. The normalized spacial score (nSPS) is 17.2. The number of amides is 2. The molecule has 26 heavy (non-hydrogen) atoms. The van der Waals surface area contributed by atoms with Crippen molar-refractivity contribution in [1.82, 2.24) is 4.90 Å². The van der Waals surface area contributed by atoms with Crippen molar-refractivity contribution >= 4 is 52.3 Å². The summed E-state index contributed by atoms with van der Waals surface area (Å²) in [5, 5.41) is 0.545. The Kier molecular flexibility index (Phi) is 4.43. The van der Waals surface area contributed by atoms with Crippen LogP contribution in [0.25, 0.3) is 0 Å². The fraction of sp³-hybridized carbons (Fsp3) is 0.158. The van der Waals surface area contributed by atoms with Gasteiger partial charge in [-0.05, 0) is 35.7 Å². The highest BCUT2D eigenvalue weighted by Crippen LogP contribution is 2.35. The molecule has 7 heteroatoms. The summed E-state index contributed by atoms with van der Waals surface area (Å²) in [4.78, 5) is 28.5. The predicted molar refractivity (Wildman–Crippen MR) is 102 cm³/mol. The zero-order chi connectivity index (χ0) is 18.4. The zero-order valence-electron chi connectivity index (χ0n) is 13.5. The number of benzene rings is 2. The Morgan fingerprint density at radius 1 is 0.846 bits per heavy atom. The van der Waals surface area contributed by atoms with Crippen LogP contribution in [0.1, 0.15) is 11.1 Å². The van der Waals surface area contributed by atoms with E-state index >= 15 is 0 Å². The van der Waals surface area contributed by atoms with Gasteiger partial charge in [0, 0.05) is 13.1 Å². The lowest BCUT2D eigenvalue weighted by Crippen LogP contribution is -2.37. The van der Waals surface area contributed by atoms with E-state index < -0.39 is 11.8 Å². The molecule has 132 valence electrons. The molecule has 0 N–H and O–H groups in total. The van der Waals surface area contributed by atoms with Crippen LogP contribution in [0.4, 0.5) is 5.69 Å². The molecule has 2 aromatic carbocycles. The smallest absolute Gasteiger partial charge is 0.283 e. The minimum Gasteiger partial charge on any atom is -0.361 e. The van der Waals surface area contributed by atoms with Gasteiger partial charge in [-0.15, -0.1) is 0 Å². The maximum absolute atomic E-state index is 13.0. The lowest BCUT2D eigenvalue weighted by molar-refractivity contribution is -0.121. The first-order chi connectivity index (χ1) is 12.5. The monoisotopic (exact) mass is 406 g/mol. The molecule has 0 fully saturated rings. The van der Waals surface area contributed by atoms with Gasteiger partial charge in [-0.2, -0.15) is 0 Å². The molecule has 0 saturated heterocycles. The highest BCUT2D eigenvalue weighted by atomic mass is 35.5. The largest absolute Gasteiger partial charge is 0.361 e. The van der Waals surface area contributed by atoms with E-state index in [0.717, 1.165) is 16.9 Å². The van der Waals surface area contributed by atoms with Gasteiger partial charge in [0.25, 0.3) is 11.8 Å². The van der Waals surface area contributed by atoms with Crippen molar-refractivity contribution in [1.29, 1.82) is 0 Å². The minimum atomic E-state index is -0.552. The van der Waals surface area contributed by atoms with Crippen molar-refractivity contribution in [2.45, 2.75) is 13.0 Å². The SMILES string of the molecule is O=C1C(Cl)=C(N2CCc3ccccc3C2)C(=O)N1c1ccc(Cl)c(Cl)c1. The zero-order valence-corrected chi connectivity index (χ0v) is 15.8. The summed E-state index contributed by atoms with van der Waals surface area (Å²) < 4.78 is 0. The number of fused-ring (bicyclic) bond motifs is 1. The van der Waals surface area contributed by atoms with E-state index in [1.54, 1.807) is 12.1 Å². The summed E-state index contributed by atoms with van der Waals surface area (Å²) in [5.41, 5.74) is 2.96. The van der Waals surface area contributed by atoms with Crippen molar-refractivity contribution in [2.24, 2.45) is 0 Å². The third-order valence-corrected chi connectivity index (χ3v) is 5.69. The Morgan fingerprint density at radius 3 is 2.31 bits per heavy atom. The summed E-state index contributed by atoms with van der Waals surface area (Å²) in [6.45, 7) is 1.16. The number of carbonyl (C=O) groups is 2. The predicted octanol–water partition coefficient (Wildman–Crippen LogP) is 4.38. The lowest BCUT2D eigenvalue weighted by Gasteiger charge is -2.31. The molecule has 2 aromatic rings. The van der Waals surface area contributed by atoms with E-state index in [4.69, 9.17) is 34.8 Å². The first kappa shape index (κ1) is 17.4. The fourth-order valence-corrected chi connectivity index (χ4v) is 3.89.